The van der Waals surface area contributed by atoms with Gasteiger partial charge in [0.2, 0.25) is 0 Å². The lowest BCUT2D eigenvalue weighted by Gasteiger charge is -2.14. The third-order valence-electron chi connectivity index (χ3n) is 3.41. The van der Waals surface area contributed by atoms with Crippen molar-refractivity contribution in [3.8, 4) is 23.0 Å². The van der Waals surface area contributed by atoms with E-state index in [9.17, 15) is 14.7 Å². The van der Waals surface area contributed by atoms with Crippen molar-refractivity contribution in [3.05, 3.63) is 47.0 Å². The molecule has 1 heterocycles. The maximum absolute atomic E-state index is 12.4. The van der Waals surface area contributed by atoms with Gasteiger partial charge in [-0.1, -0.05) is 18.2 Å². The summed E-state index contributed by atoms with van der Waals surface area (Å²) in [4.78, 5) is 23.7. The van der Waals surface area contributed by atoms with Gasteiger partial charge < -0.3 is 14.6 Å². The molecule has 3 rings (SSSR count). The molecule has 1 N–H and O–H groups in total. The van der Waals surface area contributed by atoms with Crippen molar-refractivity contribution in [1.29, 1.82) is 0 Å². The number of ether oxygens (including phenoxy) is 2. The normalized spacial score (nSPS) is 12.7. The summed E-state index contributed by atoms with van der Waals surface area (Å²) in [6.07, 6.45) is 0.652. The Bertz CT molecular complexity index is 749. The number of carbonyl (C=O) groups excluding carboxylic acids is 2. The van der Waals surface area contributed by atoms with Crippen LogP contribution in [0, 0.1) is 0 Å². The largest absolute Gasteiger partial charge is 0.507 e. The number of hydrogen-bond donors (Lipinski definition) is 1. The first kappa shape index (κ1) is 13.2. The predicted molar refractivity (Wildman–Crippen MR) is 74.6 cm³/mol. The standard InChI is InChI=1S/C16H12O5/c1-20-14-7-12(19)15-11(18)6-9-4-2-3-5-13(9)21-16(15)10(14)8-17/h2-5,7-8,19H,6H2,1H3. The summed E-state index contributed by atoms with van der Waals surface area (Å²) in [5, 5.41) is 10.1. The van der Waals surface area contributed by atoms with Gasteiger partial charge in [0.1, 0.15) is 22.8 Å². The molecule has 0 fully saturated rings. The lowest BCUT2D eigenvalue weighted by atomic mass is 10.00. The van der Waals surface area contributed by atoms with Crippen molar-refractivity contribution in [2.75, 3.05) is 7.11 Å². The van der Waals surface area contributed by atoms with E-state index < -0.39 is 0 Å². The number of fused-ring (bicyclic) bond motifs is 2. The van der Waals surface area contributed by atoms with Crippen LogP contribution in [-0.4, -0.2) is 24.3 Å². The van der Waals surface area contributed by atoms with Crippen molar-refractivity contribution < 1.29 is 24.2 Å². The van der Waals surface area contributed by atoms with Crippen LogP contribution in [-0.2, 0) is 6.42 Å². The number of benzene rings is 2. The molecule has 1 aliphatic heterocycles. The average Bonchev–Trinajstić information content (AvgIpc) is 2.63. The zero-order chi connectivity index (χ0) is 15.0. The number of carbonyl (C=O) groups is 2. The van der Waals surface area contributed by atoms with Gasteiger partial charge in [-0.05, 0) is 6.07 Å². The highest BCUT2D eigenvalue weighted by Gasteiger charge is 2.29. The van der Waals surface area contributed by atoms with E-state index in [-0.39, 0.29) is 40.6 Å². The zero-order valence-corrected chi connectivity index (χ0v) is 11.3. The monoisotopic (exact) mass is 284 g/mol. The minimum Gasteiger partial charge on any atom is -0.507 e. The Labute approximate surface area is 120 Å². The third-order valence-corrected chi connectivity index (χ3v) is 3.41. The molecule has 2 aromatic carbocycles. The summed E-state index contributed by atoms with van der Waals surface area (Å²) in [6.45, 7) is 0. The lowest BCUT2D eigenvalue weighted by Crippen LogP contribution is -2.05. The molecule has 0 bridgehead atoms. The molecule has 0 radical (unpaired) electrons. The minimum atomic E-state index is -0.307. The molecule has 21 heavy (non-hydrogen) atoms. The van der Waals surface area contributed by atoms with E-state index in [1.807, 2.05) is 0 Å². The van der Waals surface area contributed by atoms with Gasteiger partial charge in [0, 0.05) is 18.1 Å². The SMILES string of the molecule is COc1cc(O)c2c(c1C=O)Oc1ccccc1CC2=O. The molecule has 5 heteroatoms. The van der Waals surface area contributed by atoms with Gasteiger partial charge in [-0.25, -0.2) is 0 Å². The number of para-hydroxylation sites is 1. The lowest BCUT2D eigenvalue weighted by molar-refractivity contribution is 0.0991. The van der Waals surface area contributed by atoms with Gasteiger partial charge in [0.25, 0.3) is 0 Å². The summed E-state index contributed by atoms with van der Waals surface area (Å²) in [5.41, 5.74) is 0.818. The van der Waals surface area contributed by atoms with Crippen LogP contribution in [0.15, 0.2) is 30.3 Å². The molecule has 0 atom stereocenters. The predicted octanol–water partition coefficient (Wildman–Crippen LogP) is 2.74. The van der Waals surface area contributed by atoms with E-state index in [0.29, 0.717) is 17.6 Å². The van der Waals surface area contributed by atoms with Crippen LogP contribution in [0.25, 0.3) is 0 Å². The highest BCUT2D eigenvalue weighted by atomic mass is 16.5. The van der Waals surface area contributed by atoms with Gasteiger partial charge >= 0.3 is 0 Å². The van der Waals surface area contributed by atoms with Crippen LogP contribution in [0.5, 0.6) is 23.0 Å². The van der Waals surface area contributed by atoms with Crippen molar-refractivity contribution in [3.63, 3.8) is 0 Å². The summed E-state index contributed by atoms with van der Waals surface area (Å²) >= 11 is 0. The van der Waals surface area contributed by atoms with Crippen LogP contribution < -0.4 is 9.47 Å². The number of phenolic OH excluding ortho intramolecular Hbond substituents is 1. The molecular weight excluding hydrogens is 272 g/mol. The fraction of sp³-hybridized carbons (Fsp3) is 0.125. The Balaban J connectivity index is 2.31. The Kier molecular flexibility index (Phi) is 3.10. The summed E-state index contributed by atoms with van der Waals surface area (Å²) in [5.74, 6) is 0.119. The molecule has 0 aliphatic carbocycles. The first-order chi connectivity index (χ1) is 10.2. The molecule has 0 unspecified atom stereocenters. The Morgan fingerprint density at radius 1 is 1.33 bits per heavy atom. The van der Waals surface area contributed by atoms with Crippen molar-refractivity contribution in [2.24, 2.45) is 0 Å². The number of aldehydes is 1. The fourth-order valence-electron chi connectivity index (χ4n) is 2.41. The minimum absolute atomic E-state index is 0.00843. The molecular formula is C16H12O5. The number of hydrogen-bond acceptors (Lipinski definition) is 5. The van der Waals surface area contributed by atoms with Crippen LogP contribution in [0.4, 0.5) is 0 Å². The van der Waals surface area contributed by atoms with E-state index in [0.717, 1.165) is 0 Å². The molecule has 0 saturated heterocycles. The molecule has 0 aromatic heterocycles. The number of methoxy groups -OCH3 is 1. The van der Waals surface area contributed by atoms with Gasteiger partial charge in [-0.3, -0.25) is 9.59 Å². The van der Waals surface area contributed by atoms with Gasteiger partial charge in [0.15, 0.2) is 17.8 Å². The first-order valence-electron chi connectivity index (χ1n) is 6.33. The van der Waals surface area contributed by atoms with Crippen molar-refractivity contribution in [2.45, 2.75) is 6.42 Å². The Morgan fingerprint density at radius 2 is 2.10 bits per heavy atom. The van der Waals surface area contributed by atoms with Gasteiger partial charge in [0.05, 0.1) is 12.7 Å². The average molecular weight is 284 g/mol. The van der Waals surface area contributed by atoms with Crippen LogP contribution >= 0.6 is 0 Å². The zero-order valence-electron chi connectivity index (χ0n) is 11.3. The summed E-state index contributed by atoms with van der Waals surface area (Å²) in [7, 11) is 1.38. The summed E-state index contributed by atoms with van der Waals surface area (Å²) < 4.78 is 10.8. The molecule has 0 saturated carbocycles. The number of aromatic hydroxyl groups is 1. The number of rotatable bonds is 2. The third kappa shape index (κ3) is 2.03. The maximum Gasteiger partial charge on any atom is 0.174 e. The molecule has 5 nitrogen and oxygen atoms in total. The van der Waals surface area contributed by atoms with Gasteiger partial charge in [-0.15, -0.1) is 0 Å². The van der Waals surface area contributed by atoms with Gasteiger partial charge in [-0.2, -0.15) is 0 Å². The highest BCUT2D eigenvalue weighted by Crippen LogP contribution is 2.43. The molecule has 106 valence electrons. The van der Waals surface area contributed by atoms with E-state index in [4.69, 9.17) is 9.47 Å². The second kappa shape index (κ2) is 4.94. The second-order valence-corrected chi connectivity index (χ2v) is 4.64. The van der Waals surface area contributed by atoms with Crippen LogP contribution in [0.2, 0.25) is 0 Å². The van der Waals surface area contributed by atoms with Crippen molar-refractivity contribution >= 4 is 12.1 Å². The quantitative estimate of drug-likeness (QED) is 0.858. The number of ketones is 1. The van der Waals surface area contributed by atoms with E-state index in [2.05, 4.69) is 0 Å². The molecule has 1 aliphatic rings. The van der Waals surface area contributed by atoms with E-state index >= 15 is 0 Å². The maximum atomic E-state index is 12.4. The fourth-order valence-corrected chi connectivity index (χ4v) is 2.41. The highest BCUT2D eigenvalue weighted by molar-refractivity contribution is 6.06. The molecule has 0 amide bonds. The Morgan fingerprint density at radius 3 is 2.81 bits per heavy atom. The number of Topliss-reactive ketones (excluding diaryl/α,β-unsaturated/α-hetero) is 1. The number of phenols is 1. The van der Waals surface area contributed by atoms with E-state index in [1.54, 1.807) is 24.3 Å². The van der Waals surface area contributed by atoms with E-state index in [1.165, 1.54) is 13.2 Å². The molecule has 0 spiro atoms. The smallest absolute Gasteiger partial charge is 0.174 e. The van der Waals surface area contributed by atoms with Crippen LogP contribution in [0.1, 0.15) is 26.3 Å². The first-order valence-corrected chi connectivity index (χ1v) is 6.33. The van der Waals surface area contributed by atoms with Crippen molar-refractivity contribution in [1.82, 2.24) is 0 Å². The Hall–Kier alpha value is -2.82. The summed E-state index contributed by atoms with van der Waals surface area (Å²) in [6, 6.07) is 8.30. The second-order valence-electron chi connectivity index (χ2n) is 4.64. The molecule has 2 aromatic rings. The topological polar surface area (TPSA) is 72.8 Å². The van der Waals surface area contributed by atoms with Crippen LogP contribution in [0.3, 0.4) is 0 Å².